The maximum atomic E-state index is 12.1. The summed E-state index contributed by atoms with van der Waals surface area (Å²) in [6.07, 6.45) is -1.18. The molecule has 0 aromatic heterocycles. The third-order valence-corrected chi connectivity index (χ3v) is 2.66. The number of esters is 1. The summed E-state index contributed by atoms with van der Waals surface area (Å²) in [6.45, 7) is 6.58. The first-order valence-electron chi connectivity index (χ1n) is 5.76. The smallest absolute Gasteiger partial charge is 0.407 e. The number of carboxylic acid groups (broad SMARTS) is 1. The molecule has 1 atom stereocenters. The second kappa shape index (κ2) is 4.59. The van der Waals surface area contributed by atoms with Crippen LogP contribution < -0.4 is 0 Å². The van der Waals surface area contributed by atoms with Crippen LogP contribution in [0, 0.1) is 5.41 Å². The summed E-state index contributed by atoms with van der Waals surface area (Å²) in [4.78, 5) is 35.5. The predicted octanol–water partition coefficient (Wildman–Crippen LogP) is 1.29. The van der Waals surface area contributed by atoms with Crippen LogP contribution in [-0.4, -0.2) is 46.5 Å². The molecule has 0 aromatic carbocycles. The Bertz CT molecular complexity index is 384. The number of amides is 1. The fourth-order valence-corrected chi connectivity index (χ4v) is 1.91. The number of carbonyl (C=O) groups is 3. The third-order valence-electron chi connectivity index (χ3n) is 2.66. The van der Waals surface area contributed by atoms with E-state index in [9.17, 15) is 14.4 Å². The first-order valence-corrected chi connectivity index (χ1v) is 5.76. The highest BCUT2D eigenvalue weighted by Crippen LogP contribution is 2.31. The van der Waals surface area contributed by atoms with Gasteiger partial charge in [-0.15, -0.1) is 0 Å². The van der Waals surface area contributed by atoms with Crippen molar-refractivity contribution in [2.24, 2.45) is 5.41 Å². The van der Waals surface area contributed by atoms with Crippen LogP contribution >= 0.6 is 0 Å². The summed E-state index contributed by atoms with van der Waals surface area (Å²) in [5.74, 6) is -0.800. The Balaban J connectivity index is 2.87. The van der Waals surface area contributed by atoms with Crippen LogP contribution in [0.4, 0.5) is 4.79 Å². The molecule has 0 aromatic rings. The minimum Gasteiger partial charge on any atom is -0.465 e. The number of piperidine rings is 1. The van der Waals surface area contributed by atoms with Crippen molar-refractivity contribution in [1.29, 1.82) is 0 Å². The number of ether oxygens (including phenoxy) is 1. The van der Waals surface area contributed by atoms with Crippen LogP contribution in [0.25, 0.3) is 0 Å². The molecular formula is C12H19NO5. The van der Waals surface area contributed by atoms with Gasteiger partial charge >= 0.3 is 12.1 Å². The highest BCUT2D eigenvalue weighted by Gasteiger charge is 2.45. The van der Waals surface area contributed by atoms with E-state index in [0.717, 1.165) is 4.90 Å². The first-order chi connectivity index (χ1) is 8.03. The maximum absolute atomic E-state index is 12.1. The lowest BCUT2D eigenvalue weighted by Gasteiger charge is -2.37. The molecule has 0 radical (unpaired) electrons. The third kappa shape index (κ3) is 3.45. The highest BCUT2D eigenvalue weighted by atomic mass is 16.6. The Kier molecular flexibility index (Phi) is 3.69. The molecule has 1 aliphatic rings. The van der Waals surface area contributed by atoms with Crippen LogP contribution in [-0.2, 0) is 14.3 Å². The van der Waals surface area contributed by atoms with Gasteiger partial charge in [0.05, 0.1) is 12.0 Å². The average Bonchev–Trinajstić information content (AvgIpc) is 2.13. The lowest BCUT2D eigenvalue weighted by Crippen LogP contribution is -2.53. The molecule has 0 aliphatic carbocycles. The van der Waals surface area contributed by atoms with E-state index in [4.69, 9.17) is 9.84 Å². The van der Waals surface area contributed by atoms with Crippen molar-refractivity contribution >= 4 is 17.8 Å². The van der Waals surface area contributed by atoms with E-state index in [1.165, 1.54) is 0 Å². The van der Waals surface area contributed by atoms with Crippen molar-refractivity contribution in [3.8, 4) is 0 Å². The fourth-order valence-electron chi connectivity index (χ4n) is 1.91. The first kappa shape index (κ1) is 14.5. The van der Waals surface area contributed by atoms with E-state index in [1.54, 1.807) is 27.7 Å². The SMILES string of the molecule is CC(C)(C)OC(=O)C1(C)CC(=O)CN(C(=O)O)C1. The molecular weight excluding hydrogens is 238 g/mol. The maximum Gasteiger partial charge on any atom is 0.407 e. The van der Waals surface area contributed by atoms with E-state index in [0.29, 0.717) is 0 Å². The predicted molar refractivity (Wildman–Crippen MR) is 63.2 cm³/mol. The molecule has 0 spiro atoms. The number of likely N-dealkylation sites (tertiary alicyclic amines) is 1. The number of Topliss-reactive ketones (excluding diaryl/α,β-unsaturated/α-hetero) is 1. The van der Waals surface area contributed by atoms with Crippen molar-refractivity contribution in [1.82, 2.24) is 4.90 Å². The normalized spacial score (nSPS) is 24.9. The van der Waals surface area contributed by atoms with Crippen LogP contribution in [0.2, 0.25) is 0 Å². The Morgan fingerprint density at radius 1 is 1.39 bits per heavy atom. The summed E-state index contributed by atoms with van der Waals surface area (Å²) in [5.41, 5.74) is -1.75. The van der Waals surface area contributed by atoms with Gasteiger partial charge in [-0.2, -0.15) is 0 Å². The van der Waals surface area contributed by atoms with E-state index in [1.807, 2.05) is 0 Å². The number of carbonyl (C=O) groups excluding carboxylic acids is 2. The largest absolute Gasteiger partial charge is 0.465 e. The molecule has 1 fully saturated rings. The molecule has 0 bridgehead atoms. The fraction of sp³-hybridized carbons (Fsp3) is 0.750. The molecule has 6 nitrogen and oxygen atoms in total. The number of ketones is 1. The zero-order valence-corrected chi connectivity index (χ0v) is 11.1. The van der Waals surface area contributed by atoms with Crippen molar-refractivity contribution < 1.29 is 24.2 Å². The number of rotatable bonds is 1. The van der Waals surface area contributed by atoms with E-state index in [-0.39, 0.29) is 25.3 Å². The minimum atomic E-state index is -1.20. The van der Waals surface area contributed by atoms with Gasteiger partial charge < -0.3 is 9.84 Å². The summed E-state index contributed by atoms with van der Waals surface area (Å²) in [7, 11) is 0. The minimum absolute atomic E-state index is 0.0109. The summed E-state index contributed by atoms with van der Waals surface area (Å²) < 4.78 is 5.25. The van der Waals surface area contributed by atoms with Crippen molar-refractivity contribution in [2.45, 2.75) is 39.7 Å². The Morgan fingerprint density at radius 2 is 1.94 bits per heavy atom. The van der Waals surface area contributed by atoms with Gasteiger partial charge in [0.25, 0.3) is 0 Å². The van der Waals surface area contributed by atoms with Gasteiger partial charge in [-0.1, -0.05) is 0 Å². The van der Waals surface area contributed by atoms with E-state index >= 15 is 0 Å². The molecule has 1 saturated heterocycles. The van der Waals surface area contributed by atoms with Crippen molar-refractivity contribution in [2.75, 3.05) is 13.1 Å². The molecule has 0 saturated carbocycles. The lowest BCUT2D eigenvalue weighted by atomic mass is 9.81. The standard InChI is InChI=1S/C12H19NO5/c1-11(2,3)18-9(15)12(4)5-8(14)6-13(7-12)10(16)17/h5-7H2,1-4H3,(H,16,17). The molecule has 1 amide bonds. The molecule has 1 unspecified atom stereocenters. The van der Waals surface area contributed by atoms with Gasteiger partial charge in [0.15, 0.2) is 5.78 Å². The van der Waals surface area contributed by atoms with Crippen LogP contribution in [0.15, 0.2) is 0 Å². The van der Waals surface area contributed by atoms with Gasteiger partial charge in [-0.3, -0.25) is 14.5 Å². The van der Waals surface area contributed by atoms with E-state index < -0.39 is 23.1 Å². The zero-order valence-electron chi connectivity index (χ0n) is 11.1. The molecule has 6 heteroatoms. The van der Waals surface area contributed by atoms with Crippen LogP contribution in [0.1, 0.15) is 34.1 Å². The van der Waals surface area contributed by atoms with Gasteiger partial charge in [0.2, 0.25) is 0 Å². The van der Waals surface area contributed by atoms with Crippen LogP contribution in [0.3, 0.4) is 0 Å². The molecule has 1 N–H and O–H groups in total. The van der Waals surface area contributed by atoms with Gasteiger partial charge in [-0.25, -0.2) is 4.79 Å². The lowest BCUT2D eigenvalue weighted by molar-refractivity contribution is -0.171. The van der Waals surface area contributed by atoms with Gasteiger partial charge in [-0.05, 0) is 27.7 Å². The highest BCUT2D eigenvalue weighted by molar-refractivity contribution is 5.91. The molecule has 1 rings (SSSR count). The molecule has 102 valence electrons. The molecule has 18 heavy (non-hydrogen) atoms. The molecule has 1 aliphatic heterocycles. The van der Waals surface area contributed by atoms with Gasteiger partial charge in [0, 0.05) is 13.0 Å². The Morgan fingerprint density at radius 3 is 2.39 bits per heavy atom. The Hall–Kier alpha value is -1.59. The van der Waals surface area contributed by atoms with Crippen LogP contribution in [0.5, 0.6) is 0 Å². The monoisotopic (exact) mass is 257 g/mol. The van der Waals surface area contributed by atoms with Crippen molar-refractivity contribution in [3.05, 3.63) is 0 Å². The number of hydrogen-bond donors (Lipinski definition) is 1. The Labute approximate surface area is 106 Å². The number of hydrogen-bond acceptors (Lipinski definition) is 4. The van der Waals surface area contributed by atoms with E-state index in [2.05, 4.69) is 0 Å². The topological polar surface area (TPSA) is 83.9 Å². The molecule has 1 heterocycles. The quantitative estimate of drug-likeness (QED) is 0.715. The van der Waals surface area contributed by atoms with Crippen molar-refractivity contribution in [3.63, 3.8) is 0 Å². The van der Waals surface area contributed by atoms with Gasteiger partial charge in [0.1, 0.15) is 5.60 Å². The summed E-state index contributed by atoms with van der Waals surface area (Å²) in [5, 5.41) is 8.92. The zero-order chi connectivity index (χ0) is 14.1. The second-order valence-corrected chi connectivity index (χ2v) is 5.92. The number of nitrogens with zero attached hydrogens (tertiary/aromatic N) is 1. The summed E-state index contributed by atoms with van der Waals surface area (Å²) in [6, 6.07) is 0. The second-order valence-electron chi connectivity index (χ2n) is 5.92. The average molecular weight is 257 g/mol. The summed E-state index contributed by atoms with van der Waals surface area (Å²) >= 11 is 0.